The number of aryl methyl sites for hydroxylation is 1. The van der Waals surface area contributed by atoms with Gasteiger partial charge in [-0.15, -0.1) is 0 Å². The van der Waals surface area contributed by atoms with Crippen LogP contribution in [0.25, 0.3) is 0 Å². The van der Waals surface area contributed by atoms with Gasteiger partial charge in [-0.1, -0.05) is 5.16 Å². The van der Waals surface area contributed by atoms with Crippen LogP contribution < -0.4 is 4.72 Å². The van der Waals surface area contributed by atoms with Crippen LogP contribution in [-0.4, -0.2) is 30.2 Å². The van der Waals surface area contributed by atoms with Crippen molar-refractivity contribution >= 4 is 10.0 Å². The third-order valence-corrected chi connectivity index (χ3v) is 3.82. The molecule has 1 heterocycles. The molecular formula is C11H13N3O4S. The molecule has 2 N–H and O–H groups in total. The van der Waals surface area contributed by atoms with Crippen molar-refractivity contribution in [2.75, 3.05) is 6.54 Å². The van der Waals surface area contributed by atoms with E-state index in [2.05, 4.69) is 14.9 Å². The van der Waals surface area contributed by atoms with Gasteiger partial charge in [-0.2, -0.15) is 4.98 Å². The van der Waals surface area contributed by atoms with Gasteiger partial charge in [0, 0.05) is 13.0 Å². The van der Waals surface area contributed by atoms with Gasteiger partial charge in [-0.25, -0.2) is 13.1 Å². The second kappa shape index (κ2) is 5.37. The fraction of sp³-hybridized carbons (Fsp3) is 0.273. The van der Waals surface area contributed by atoms with Crippen molar-refractivity contribution in [3.05, 3.63) is 36.0 Å². The monoisotopic (exact) mass is 283 g/mol. The third-order valence-electron chi connectivity index (χ3n) is 2.35. The first-order valence-electron chi connectivity index (χ1n) is 5.55. The molecule has 0 spiro atoms. The van der Waals surface area contributed by atoms with Gasteiger partial charge < -0.3 is 9.63 Å². The number of aromatic nitrogens is 2. The van der Waals surface area contributed by atoms with E-state index in [0.29, 0.717) is 18.1 Å². The molecule has 0 saturated carbocycles. The summed E-state index contributed by atoms with van der Waals surface area (Å²) in [6.07, 6.45) is 0.318. The van der Waals surface area contributed by atoms with Gasteiger partial charge in [0.15, 0.2) is 5.82 Å². The van der Waals surface area contributed by atoms with Crippen molar-refractivity contribution in [3.8, 4) is 5.75 Å². The average molecular weight is 283 g/mol. The molecule has 0 bridgehead atoms. The number of nitrogens with zero attached hydrogens (tertiary/aromatic N) is 2. The minimum absolute atomic E-state index is 0.0142. The molecule has 7 nitrogen and oxygen atoms in total. The topological polar surface area (TPSA) is 105 Å². The first-order chi connectivity index (χ1) is 8.97. The lowest BCUT2D eigenvalue weighted by atomic mass is 10.3. The standard InChI is InChI=1S/C11H13N3O4S/c1-8-13-11(18-14-8)6-7-12-19(16,17)10-4-2-9(15)3-5-10/h2-5,12,15H,6-7H2,1H3. The maximum atomic E-state index is 11.9. The third kappa shape index (κ3) is 3.52. The van der Waals surface area contributed by atoms with Crippen LogP contribution in [0.4, 0.5) is 0 Å². The Morgan fingerprint density at radius 2 is 2.00 bits per heavy atom. The number of rotatable bonds is 5. The predicted molar refractivity (Wildman–Crippen MR) is 66.0 cm³/mol. The summed E-state index contributed by atoms with van der Waals surface area (Å²) in [4.78, 5) is 4.06. The summed E-state index contributed by atoms with van der Waals surface area (Å²) < 4.78 is 31.0. The molecule has 19 heavy (non-hydrogen) atoms. The van der Waals surface area contributed by atoms with Gasteiger partial charge in [0.2, 0.25) is 15.9 Å². The molecule has 1 aromatic heterocycles. The van der Waals surface area contributed by atoms with E-state index >= 15 is 0 Å². The van der Waals surface area contributed by atoms with Gasteiger partial charge in [0.25, 0.3) is 0 Å². The molecular weight excluding hydrogens is 270 g/mol. The summed E-state index contributed by atoms with van der Waals surface area (Å²) in [5, 5.41) is 12.7. The van der Waals surface area contributed by atoms with E-state index in [4.69, 9.17) is 9.63 Å². The molecule has 8 heteroatoms. The van der Waals surface area contributed by atoms with E-state index < -0.39 is 10.0 Å². The zero-order chi connectivity index (χ0) is 13.9. The van der Waals surface area contributed by atoms with Crippen LogP contribution in [-0.2, 0) is 16.4 Å². The van der Waals surface area contributed by atoms with Gasteiger partial charge >= 0.3 is 0 Å². The Bertz CT molecular complexity index is 649. The summed E-state index contributed by atoms with van der Waals surface area (Å²) in [5.74, 6) is 0.905. The first-order valence-corrected chi connectivity index (χ1v) is 7.03. The van der Waals surface area contributed by atoms with E-state index in [1.165, 1.54) is 24.3 Å². The summed E-state index contributed by atoms with van der Waals surface area (Å²) in [6, 6.07) is 5.29. The zero-order valence-electron chi connectivity index (χ0n) is 10.2. The molecule has 2 rings (SSSR count). The number of hydrogen-bond donors (Lipinski definition) is 2. The summed E-state index contributed by atoms with van der Waals surface area (Å²) in [7, 11) is -3.59. The molecule has 1 aromatic carbocycles. The minimum Gasteiger partial charge on any atom is -0.508 e. The number of phenols is 1. The summed E-state index contributed by atoms with van der Waals surface area (Å²) in [6.45, 7) is 1.85. The SMILES string of the molecule is Cc1noc(CCNS(=O)(=O)c2ccc(O)cc2)n1. The van der Waals surface area contributed by atoms with E-state index in [9.17, 15) is 8.42 Å². The van der Waals surface area contributed by atoms with E-state index in [-0.39, 0.29) is 17.2 Å². The van der Waals surface area contributed by atoms with Crippen molar-refractivity contribution in [1.29, 1.82) is 0 Å². The van der Waals surface area contributed by atoms with Crippen LogP contribution in [0.3, 0.4) is 0 Å². The maximum Gasteiger partial charge on any atom is 0.240 e. The molecule has 102 valence electrons. The van der Waals surface area contributed by atoms with E-state index in [1.54, 1.807) is 6.92 Å². The highest BCUT2D eigenvalue weighted by atomic mass is 32.2. The summed E-state index contributed by atoms with van der Waals surface area (Å²) in [5.41, 5.74) is 0. The number of sulfonamides is 1. The highest BCUT2D eigenvalue weighted by Crippen LogP contribution is 2.13. The Labute approximate surface area is 110 Å². The molecule has 0 atom stereocenters. The van der Waals surface area contributed by atoms with Crippen molar-refractivity contribution in [2.45, 2.75) is 18.2 Å². The number of hydrogen-bond acceptors (Lipinski definition) is 6. The normalized spacial score (nSPS) is 11.6. The number of aromatic hydroxyl groups is 1. The Balaban J connectivity index is 1.96. The molecule has 2 aromatic rings. The van der Waals surface area contributed by atoms with E-state index in [0.717, 1.165) is 0 Å². The maximum absolute atomic E-state index is 11.9. The number of phenolic OH excluding ortho intramolecular Hbond substituents is 1. The van der Waals surface area contributed by atoms with Gasteiger partial charge in [-0.3, -0.25) is 0 Å². The lowest BCUT2D eigenvalue weighted by molar-refractivity contribution is 0.375. The molecule has 0 unspecified atom stereocenters. The van der Waals surface area contributed by atoms with Crippen LogP contribution >= 0.6 is 0 Å². The molecule has 0 aliphatic rings. The van der Waals surface area contributed by atoms with Crippen LogP contribution in [0.15, 0.2) is 33.7 Å². The highest BCUT2D eigenvalue weighted by Gasteiger charge is 2.13. The van der Waals surface area contributed by atoms with Crippen molar-refractivity contribution in [1.82, 2.24) is 14.9 Å². The largest absolute Gasteiger partial charge is 0.508 e. The quantitative estimate of drug-likeness (QED) is 0.832. The smallest absolute Gasteiger partial charge is 0.240 e. The highest BCUT2D eigenvalue weighted by molar-refractivity contribution is 7.89. The van der Waals surface area contributed by atoms with Gasteiger partial charge in [0.1, 0.15) is 5.75 Å². The summed E-state index contributed by atoms with van der Waals surface area (Å²) >= 11 is 0. The van der Waals surface area contributed by atoms with Crippen molar-refractivity contribution in [3.63, 3.8) is 0 Å². The number of benzene rings is 1. The van der Waals surface area contributed by atoms with Crippen molar-refractivity contribution in [2.24, 2.45) is 0 Å². The lowest BCUT2D eigenvalue weighted by Crippen LogP contribution is -2.26. The zero-order valence-corrected chi connectivity index (χ0v) is 11.0. The Morgan fingerprint density at radius 1 is 1.32 bits per heavy atom. The fourth-order valence-corrected chi connectivity index (χ4v) is 2.47. The second-order valence-corrected chi connectivity index (χ2v) is 5.64. The molecule has 0 aliphatic heterocycles. The van der Waals surface area contributed by atoms with Crippen LogP contribution in [0.1, 0.15) is 11.7 Å². The second-order valence-electron chi connectivity index (χ2n) is 3.88. The Kier molecular flexibility index (Phi) is 3.82. The predicted octanol–water partition coefficient (Wildman–Crippen LogP) is 0.605. The van der Waals surface area contributed by atoms with Crippen molar-refractivity contribution < 1.29 is 18.0 Å². The van der Waals surface area contributed by atoms with Crippen LogP contribution in [0, 0.1) is 6.92 Å². The minimum atomic E-state index is -3.59. The molecule has 0 radical (unpaired) electrons. The Hall–Kier alpha value is -1.93. The average Bonchev–Trinajstić information content (AvgIpc) is 2.75. The fourth-order valence-electron chi connectivity index (χ4n) is 1.44. The number of nitrogens with one attached hydrogen (secondary N) is 1. The van der Waals surface area contributed by atoms with E-state index in [1.807, 2.05) is 0 Å². The molecule has 0 fully saturated rings. The van der Waals surface area contributed by atoms with Gasteiger partial charge in [-0.05, 0) is 31.2 Å². The molecule has 0 amide bonds. The molecule has 0 aliphatic carbocycles. The van der Waals surface area contributed by atoms with Crippen LogP contribution in [0.2, 0.25) is 0 Å². The Morgan fingerprint density at radius 3 is 2.58 bits per heavy atom. The van der Waals surface area contributed by atoms with Gasteiger partial charge in [0.05, 0.1) is 4.90 Å². The van der Waals surface area contributed by atoms with Crippen LogP contribution in [0.5, 0.6) is 5.75 Å². The first kappa shape index (κ1) is 13.5. The molecule has 0 saturated heterocycles. The lowest BCUT2D eigenvalue weighted by Gasteiger charge is -2.05.